The van der Waals surface area contributed by atoms with E-state index in [2.05, 4.69) is 16.8 Å². The molecule has 1 aliphatic heterocycles. The molecule has 0 aliphatic carbocycles. The molecule has 25 heavy (non-hydrogen) atoms. The average Bonchev–Trinajstić information content (AvgIpc) is 2.60. The third kappa shape index (κ3) is 3.52. The summed E-state index contributed by atoms with van der Waals surface area (Å²) < 4.78 is 6.05. The molecule has 6 heteroatoms. The van der Waals surface area contributed by atoms with Crippen molar-refractivity contribution < 1.29 is 9.53 Å². The van der Waals surface area contributed by atoms with Crippen molar-refractivity contribution in [3.8, 4) is 5.75 Å². The second-order valence-electron chi connectivity index (χ2n) is 6.32. The molecular formula is C19H23N3O3. The van der Waals surface area contributed by atoms with Gasteiger partial charge in [-0.1, -0.05) is 12.1 Å². The first-order valence-corrected chi connectivity index (χ1v) is 8.45. The Morgan fingerprint density at radius 1 is 1.32 bits per heavy atom. The molecule has 1 atom stereocenters. The molecule has 6 nitrogen and oxygen atoms in total. The summed E-state index contributed by atoms with van der Waals surface area (Å²) >= 11 is 0. The molecule has 2 heterocycles. The van der Waals surface area contributed by atoms with E-state index >= 15 is 0 Å². The largest absolute Gasteiger partial charge is 0.485 e. The molecule has 1 aliphatic rings. The van der Waals surface area contributed by atoms with Crippen LogP contribution in [0.3, 0.4) is 0 Å². The number of carbonyl (C=O) groups is 1. The van der Waals surface area contributed by atoms with Gasteiger partial charge in [0.2, 0.25) is 0 Å². The van der Waals surface area contributed by atoms with E-state index < -0.39 is 0 Å². The Morgan fingerprint density at radius 2 is 2.08 bits per heavy atom. The SMILES string of the molecule is CCN1C[C@H](CN(C)C(=O)c2ccc(C)[nH]c2=O)Oc2ccccc21. The van der Waals surface area contributed by atoms with E-state index in [1.807, 2.05) is 24.3 Å². The summed E-state index contributed by atoms with van der Waals surface area (Å²) in [6.45, 7) is 5.87. The fourth-order valence-corrected chi connectivity index (χ4v) is 3.11. The van der Waals surface area contributed by atoms with Crippen LogP contribution in [-0.2, 0) is 0 Å². The van der Waals surface area contributed by atoms with Crippen LogP contribution >= 0.6 is 0 Å². The number of anilines is 1. The lowest BCUT2D eigenvalue weighted by atomic mass is 10.1. The summed E-state index contributed by atoms with van der Waals surface area (Å²) in [7, 11) is 1.70. The highest BCUT2D eigenvalue weighted by Gasteiger charge is 2.27. The minimum Gasteiger partial charge on any atom is -0.485 e. The Bertz CT molecular complexity index is 831. The van der Waals surface area contributed by atoms with E-state index in [-0.39, 0.29) is 23.1 Å². The Kier molecular flexibility index (Phi) is 4.79. The Labute approximate surface area is 147 Å². The number of benzene rings is 1. The zero-order valence-corrected chi connectivity index (χ0v) is 14.8. The van der Waals surface area contributed by atoms with E-state index in [0.717, 1.165) is 23.7 Å². The number of fused-ring (bicyclic) bond motifs is 1. The smallest absolute Gasteiger partial charge is 0.260 e. The summed E-state index contributed by atoms with van der Waals surface area (Å²) in [5, 5.41) is 0. The molecule has 0 saturated heterocycles. The molecule has 1 aromatic heterocycles. The number of rotatable bonds is 4. The Morgan fingerprint density at radius 3 is 2.80 bits per heavy atom. The molecule has 0 bridgehead atoms. The van der Waals surface area contributed by atoms with Crippen LogP contribution in [0, 0.1) is 6.92 Å². The topological polar surface area (TPSA) is 65.6 Å². The molecule has 1 amide bonds. The standard InChI is InChI=1S/C19H23N3O3/c1-4-22-12-14(25-17-8-6-5-7-16(17)22)11-21(3)19(24)15-10-9-13(2)20-18(15)23/h5-10,14H,4,11-12H2,1-3H3,(H,20,23)/t14-/m0/s1. The van der Waals surface area contributed by atoms with Gasteiger partial charge < -0.3 is 19.5 Å². The summed E-state index contributed by atoms with van der Waals surface area (Å²) in [6.07, 6.45) is -0.145. The Balaban J connectivity index is 1.74. The van der Waals surface area contributed by atoms with Gasteiger partial charge in [-0.3, -0.25) is 9.59 Å². The number of H-pyrrole nitrogens is 1. The van der Waals surface area contributed by atoms with E-state index in [1.54, 1.807) is 31.0 Å². The third-order valence-corrected chi connectivity index (χ3v) is 4.42. The predicted octanol–water partition coefficient (Wildman–Crippen LogP) is 2.04. The molecule has 0 spiro atoms. The number of hydrogen-bond donors (Lipinski definition) is 1. The van der Waals surface area contributed by atoms with Gasteiger partial charge in [0.15, 0.2) is 0 Å². The van der Waals surface area contributed by atoms with Gasteiger partial charge in [0.25, 0.3) is 11.5 Å². The number of pyridine rings is 1. The second-order valence-corrected chi connectivity index (χ2v) is 6.32. The van der Waals surface area contributed by atoms with Crippen LogP contribution in [0.4, 0.5) is 5.69 Å². The number of nitrogens with zero attached hydrogens (tertiary/aromatic N) is 2. The van der Waals surface area contributed by atoms with Crippen LogP contribution in [0.5, 0.6) is 5.75 Å². The first-order valence-electron chi connectivity index (χ1n) is 8.45. The summed E-state index contributed by atoms with van der Waals surface area (Å²) in [5.74, 6) is 0.529. The fraction of sp³-hybridized carbons (Fsp3) is 0.368. The number of hydrogen-bond acceptors (Lipinski definition) is 4. The first kappa shape index (κ1) is 17.1. The van der Waals surface area contributed by atoms with Gasteiger partial charge in [-0.15, -0.1) is 0 Å². The number of amides is 1. The van der Waals surface area contributed by atoms with Gasteiger partial charge in [0, 0.05) is 19.3 Å². The number of nitrogens with one attached hydrogen (secondary N) is 1. The fourth-order valence-electron chi connectivity index (χ4n) is 3.11. The normalized spacial score (nSPS) is 16.1. The maximum atomic E-state index is 12.6. The lowest BCUT2D eigenvalue weighted by Crippen LogP contribution is -2.47. The maximum Gasteiger partial charge on any atom is 0.260 e. The molecule has 2 aromatic rings. The van der Waals surface area contributed by atoms with Crippen LogP contribution in [-0.4, -0.2) is 48.6 Å². The number of carbonyl (C=O) groups excluding carboxylic acids is 1. The van der Waals surface area contributed by atoms with Crippen molar-refractivity contribution in [2.75, 3.05) is 31.6 Å². The van der Waals surface area contributed by atoms with Crippen molar-refractivity contribution in [1.29, 1.82) is 0 Å². The minimum atomic E-state index is -0.359. The number of aromatic nitrogens is 1. The van der Waals surface area contributed by atoms with Gasteiger partial charge in [-0.05, 0) is 38.1 Å². The Hall–Kier alpha value is -2.76. The van der Waals surface area contributed by atoms with Crippen LogP contribution in [0.2, 0.25) is 0 Å². The van der Waals surface area contributed by atoms with E-state index in [0.29, 0.717) is 13.1 Å². The lowest BCUT2D eigenvalue weighted by molar-refractivity contribution is 0.0708. The van der Waals surface area contributed by atoms with Crippen molar-refractivity contribution in [2.45, 2.75) is 20.0 Å². The molecule has 1 N–H and O–H groups in total. The zero-order chi connectivity index (χ0) is 18.0. The molecule has 3 rings (SSSR count). The van der Waals surface area contributed by atoms with Crippen molar-refractivity contribution in [3.63, 3.8) is 0 Å². The molecule has 132 valence electrons. The average molecular weight is 341 g/mol. The second kappa shape index (κ2) is 7.01. The number of aryl methyl sites for hydroxylation is 1. The molecular weight excluding hydrogens is 318 g/mol. The van der Waals surface area contributed by atoms with Gasteiger partial charge in [-0.2, -0.15) is 0 Å². The number of aromatic amines is 1. The molecule has 0 saturated carbocycles. The third-order valence-electron chi connectivity index (χ3n) is 4.42. The molecule has 1 aromatic carbocycles. The molecule has 0 fully saturated rings. The van der Waals surface area contributed by atoms with Gasteiger partial charge in [0.1, 0.15) is 17.4 Å². The van der Waals surface area contributed by atoms with Crippen molar-refractivity contribution in [1.82, 2.24) is 9.88 Å². The van der Waals surface area contributed by atoms with E-state index in [4.69, 9.17) is 4.74 Å². The number of likely N-dealkylation sites (N-methyl/N-ethyl adjacent to an activating group) is 2. The van der Waals surface area contributed by atoms with E-state index in [1.165, 1.54) is 0 Å². The monoisotopic (exact) mass is 341 g/mol. The van der Waals surface area contributed by atoms with Crippen LogP contribution < -0.4 is 15.2 Å². The van der Waals surface area contributed by atoms with Gasteiger partial charge >= 0.3 is 0 Å². The summed E-state index contributed by atoms with van der Waals surface area (Å²) in [4.78, 5) is 31.0. The minimum absolute atomic E-state index is 0.145. The quantitative estimate of drug-likeness (QED) is 0.924. The van der Waals surface area contributed by atoms with Crippen molar-refractivity contribution in [3.05, 3.63) is 58.0 Å². The highest BCUT2D eigenvalue weighted by atomic mass is 16.5. The summed E-state index contributed by atoms with van der Waals surface area (Å²) in [5.41, 5.74) is 1.60. The van der Waals surface area contributed by atoms with Crippen LogP contribution in [0.1, 0.15) is 23.0 Å². The van der Waals surface area contributed by atoms with Crippen LogP contribution in [0.15, 0.2) is 41.2 Å². The number of para-hydroxylation sites is 2. The van der Waals surface area contributed by atoms with Crippen LogP contribution in [0.25, 0.3) is 0 Å². The maximum absolute atomic E-state index is 12.6. The molecule has 0 unspecified atom stereocenters. The highest BCUT2D eigenvalue weighted by molar-refractivity contribution is 5.93. The van der Waals surface area contributed by atoms with Crippen molar-refractivity contribution in [2.24, 2.45) is 0 Å². The highest BCUT2D eigenvalue weighted by Crippen LogP contribution is 2.32. The summed E-state index contributed by atoms with van der Waals surface area (Å²) in [6, 6.07) is 11.2. The predicted molar refractivity (Wildman–Crippen MR) is 97.5 cm³/mol. The van der Waals surface area contributed by atoms with Gasteiger partial charge in [-0.25, -0.2) is 0 Å². The van der Waals surface area contributed by atoms with Crippen molar-refractivity contribution >= 4 is 11.6 Å². The number of ether oxygens (including phenoxy) is 1. The lowest BCUT2D eigenvalue weighted by Gasteiger charge is -2.37. The first-order chi connectivity index (χ1) is 12.0. The zero-order valence-electron chi connectivity index (χ0n) is 14.8. The van der Waals surface area contributed by atoms with Gasteiger partial charge in [0.05, 0.1) is 18.8 Å². The molecule has 0 radical (unpaired) electrons. The van der Waals surface area contributed by atoms with E-state index in [9.17, 15) is 9.59 Å².